The Balaban J connectivity index is 2.08. The highest BCUT2D eigenvalue weighted by Crippen LogP contribution is 2.17. The minimum atomic E-state index is 0.528. The van der Waals surface area contributed by atoms with Gasteiger partial charge in [-0.15, -0.1) is 0 Å². The summed E-state index contributed by atoms with van der Waals surface area (Å²) < 4.78 is 0. The number of halogens is 1. The molecule has 0 N–H and O–H groups in total. The lowest BCUT2D eigenvalue weighted by Gasteiger charge is -2.34. The van der Waals surface area contributed by atoms with Crippen molar-refractivity contribution in [2.45, 2.75) is 13.8 Å². The summed E-state index contributed by atoms with van der Waals surface area (Å²) in [5.74, 6) is 1.69. The van der Waals surface area contributed by atoms with Gasteiger partial charge in [0.1, 0.15) is 16.8 Å². The van der Waals surface area contributed by atoms with E-state index in [1.54, 1.807) is 0 Å². The summed E-state index contributed by atoms with van der Waals surface area (Å²) in [5.41, 5.74) is 0. The molecule has 4 nitrogen and oxygen atoms in total. The van der Waals surface area contributed by atoms with E-state index in [4.69, 9.17) is 11.6 Å². The van der Waals surface area contributed by atoms with Gasteiger partial charge >= 0.3 is 0 Å². The van der Waals surface area contributed by atoms with Crippen LogP contribution in [-0.4, -0.2) is 47.6 Å². The standard InChI is InChI=1S/C11H17ClN4/c1-3-15-4-6-16(7-5-15)11-8-10(12)13-9(2)14-11/h8H,3-7H2,1-2H3. The van der Waals surface area contributed by atoms with E-state index in [2.05, 4.69) is 26.7 Å². The second-order valence-electron chi connectivity index (χ2n) is 4.02. The van der Waals surface area contributed by atoms with Gasteiger partial charge in [0.2, 0.25) is 0 Å². The van der Waals surface area contributed by atoms with Crippen molar-refractivity contribution in [3.05, 3.63) is 17.0 Å². The topological polar surface area (TPSA) is 32.3 Å². The van der Waals surface area contributed by atoms with Gasteiger partial charge in [0, 0.05) is 32.2 Å². The minimum absolute atomic E-state index is 0.528. The van der Waals surface area contributed by atoms with Crippen molar-refractivity contribution in [1.82, 2.24) is 14.9 Å². The Bertz CT molecular complexity index is 341. The highest BCUT2D eigenvalue weighted by atomic mass is 35.5. The molecule has 0 amide bonds. The quantitative estimate of drug-likeness (QED) is 0.735. The van der Waals surface area contributed by atoms with Gasteiger partial charge in [-0.3, -0.25) is 0 Å². The molecular formula is C11H17ClN4. The van der Waals surface area contributed by atoms with Crippen LogP contribution in [-0.2, 0) is 0 Å². The molecule has 1 aliphatic rings. The molecule has 0 atom stereocenters. The second kappa shape index (κ2) is 4.97. The normalized spacial score (nSPS) is 17.8. The number of aromatic nitrogens is 2. The van der Waals surface area contributed by atoms with Gasteiger partial charge in [0.25, 0.3) is 0 Å². The summed E-state index contributed by atoms with van der Waals surface area (Å²) in [6, 6.07) is 1.84. The van der Waals surface area contributed by atoms with Gasteiger partial charge < -0.3 is 9.80 Å². The molecule has 1 aliphatic heterocycles. The highest BCUT2D eigenvalue weighted by molar-refractivity contribution is 6.29. The van der Waals surface area contributed by atoms with Crippen molar-refractivity contribution in [2.24, 2.45) is 0 Å². The molecule has 0 bridgehead atoms. The van der Waals surface area contributed by atoms with E-state index in [-0.39, 0.29) is 0 Å². The molecule has 2 rings (SSSR count). The Morgan fingerprint density at radius 2 is 1.94 bits per heavy atom. The molecule has 1 aromatic rings. The van der Waals surface area contributed by atoms with Gasteiger partial charge in [-0.2, -0.15) is 0 Å². The molecule has 16 heavy (non-hydrogen) atoms. The first kappa shape index (κ1) is 11.6. The predicted molar refractivity (Wildman–Crippen MR) is 66.1 cm³/mol. The summed E-state index contributed by atoms with van der Waals surface area (Å²) in [6.45, 7) is 9.41. The van der Waals surface area contributed by atoms with Gasteiger partial charge in [-0.05, 0) is 13.5 Å². The average Bonchev–Trinajstić information content (AvgIpc) is 2.28. The van der Waals surface area contributed by atoms with Gasteiger partial charge in [0.05, 0.1) is 0 Å². The van der Waals surface area contributed by atoms with E-state index < -0.39 is 0 Å². The monoisotopic (exact) mass is 240 g/mol. The lowest BCUT2D eigenvalue weighted by molar-refractivity contribution is 0.270. The van der Waals surface area contributed by atoms with Crippen molar-refractivity contribution in [3.63, 3.8) is 0 Å². The van der Waals surface area contributed by atoms with Crippen LogP contribution in [0, 0.1) is 6.92 Å². The van der Waals surface area contributed by atoms with E-state index in [1.165, 1.54) is 0 Å². The number of likely N-dealkylation sites (N-methyl/N-ethyl adjacent to an activating group) is 1. The van der Waals surface area contributed by atoms with Crippen molar-refractivity contribution < 1.29 is 0 Å². The summed E-state index contributed by atoms with van der Waals surface area (Å²) in [7, 11) is 0. The molecule has 2 heterocycles. The molecule has 0 spiro atoms. The summed E-state index contributed by atoms with van der Waals surface area (Å²) in [6.07, 6.45) is 0. The summed E-state index contributed by atoms with van der Waals surface area (Å²) >= 11 is 5.94. The predicted octanol–water partition coefficient (Wildman–Crippen LogP) is 1.58. The molecule has 88 valence electrons. The lowest BCUT2D eigenvalue weighted by atomic mass is 10.3. The Morgan fingerprint density at radius 1 is 1.25 bits per heavy atom. The zero-order chi connectivity index (χ0) is 11.5. The first-order valence-corrected chi connectivity index (χ1v) is 6.05. The smallest absolute Gasteiger partial charge is 0.134 e. The number of hydrogen-bond acceptors (Lipinski definition) is 4. The molecule has 1 saturated heterocycles. The largest absolute Gasteiger partial charge is 0.354 e. The molecule has 0 saturated carbocycles. The van der Waals surface area contributed by atoms with Gasteiger partial charge in [0.15, 0.2) is 0 Å². The number of aryl methyl sites for hydroxylation is 1. The van der Waals surface area contributed by atoms with E-state index in [0.717, 1.165) is 44.4 Å². The van der Waals surface area contributed by atoms with Crippen molar-refractivity contribution in [2.75, 3.05) is 37.6 Å². The van der Waals surface area contributed by atoms with Crippen molar-refractivity contribution >= 4 is 17.4 Å². The van der Waals surface area contributed by atoms with Crippen LogP contribution in [0.15, 0.2) is 6.07 Å². The third-order valence-electron chi connectivity index (χ3n) is 2.94. The fraction of sp³-hybridized carbons (Fsp3) is 0.636. The number of piperazine rings is 1. The molecule has 5 heteroatoms. The Kier molecular flexibility index (Phi) is 3.61. The SMILES string of the molecule is CCN1CCN(c2cc(Cl)nc(C)n2)CC1. The van der Waals surface area contributed by atoms with Crippen LogP contribution in [0.4, 0.5) is 5.82 Å². The number of hydrogen-bond donors (Lipinski definition) is 0. The third-order valence-corrected chi connectivity index (χ3v) is 3.13. The van der Waals surface area contributed by atoms with Crippen LogP contribution in [0.3, 0.4) is 0 Å². The van der Waals surface area contributed by atoms with Crippen LogP contribution < -0.4 is 4.90 Å². The Morgan fingerprint density at radius 3 is 2.50 bits per heavy atom. The molecule has 0 aliphatic carbocycles. The van der Waals surface area contributed by atoms with Crippen LogP contribution in [0.5, 0.6) is 0 Å². The molecular weight excluding hydrogens is 224 g/mol. The molecule has 1 aromatic heterocycles. The zero-order valence-electron chi connectivity index (χ0n) is 9.78. The fourth-order valence-corrected chi connectivity index (χ4v) is 2.19. The zero-order valence-corrected chi connectivity index (χ0v) is 10.5. The molecule has 1 fully saturated rings. The number of anilines is 1. The maximum atomic E-state index is 5.94. The first-order valence-electron chi connectivity index (χ1n) is 5.67. The first-order chi connectivity index (χ1) is 7.69. The Hall–Kier alpha value is -0.870. The van der Waals surface area contributed by atoms with Gasteiger partial charge in [-0.1, -0.05) is 18.5 Å². The summed E-state index contributed by atoms with van der Waals surface area (Å²) in [5, 5.41) is 0.528. The summed E-state index contributed by atoms with van der Waals surface area (Å²) in [4.78, 5) is 13.2. The Labute approximate surface area is 101 Å². The van der Waals surface area contributed by atoms with Crippen molar-refractivity contribution in [1.29, 1.82) is 0 Å². The minimum Gasteiger partial charge on any atom is -0.354 e. The van der Waals surface area contributed by atoms with E-state index in [0.29, 0.717) is 5.15 Å². The lowest BCUT2D eigenvalue weighted by Crippen LogP contribution is -2.46. The van der Waals surface area contributed by atoms with Crippen LogP contribution in [0.25, 0.3) is 0 Å². The molecule has 0 aromatic carbocycles. The highest BCUT2D eigenvalue weighted by Gasteiger charge is 2.17. The van der Waals surface area contributed by atoms with E-state index in [9.17, 15) is 0 Å². The van der Waals surface area contributed by atoms with Gasteiger partial charge in [-0.25, -0.2) is 9.97 Å². The van der Waals surface area contributed by atoms with Crippen LogP contribution >= 0.6 is 11.6 Å². The molecule has 0 unspecified atom stereocenters. The fourth-order valence-electron chi connectivity index (χ4n) is 1.97. The average molecular weight is 241 g/mol. The van der Waals surface area contributed by atoms with Crippen molar-refractivity contribution in [3.8, 4) is 0 Å². The number of nitrogens with zero attached hydrogens (tertiary/aromatic N) is 4. The van der Waals surface area contributed by atoms with Crippen LogP contribution in [0.2, 0.25) is 5.15 Å². The van der Waals surface area contributed by atoms with E-state index in [1.807, 2.05) is 13.0 Å². The maximum absolute atomic E-state index is 5.94. The van der Waals surface area contributed by atoms with Crippen LogP contribution in [0.1, 0.15) is 12.7 Å². The van der Waals surface area contributed by atoms with E-state index >= 15 is 0 Å². The third kappa shape index (κ3) is 2.62. The maximum Gasteiger partial charge on any atom is 0.134 e. The number of rotatable bonds is 2. The second-order valence-corrected chi connectivity index (χ2v) is 4.40. The molecule has 0 radical (unpaired) electrons.